The first-order valence-corrected chi connectivity index (χ1v) is 6.51. The van der Waals surface area contributed by atoms with Crippen LogP contribution in [0.3, 0.4) is 0 Å². The van der Waals surface area contributed by atoms with Gasteiger partial charge in [0.2, 0.25) is 10.0 Å². The number of rotatable bonds is 5. The summed E-state index contributed by atoms with van der Waals surface area (Å²) in [6.07, 6.45) is 1.19. The second-order valence-electron chi connectivity index (χ2n) is 3.57. The van der Waals surface area contributed by atoms with Crippen molar-refractivity contribution in [2.45, 2.75) is 0 Å². The summed E-state index contributed by atoms with van der Waals surface area (Å²) in [5.74, 6) is -1.00. The van der Waals surface area contributed by atoms with E-state index in [0.717, 1.165) is 6.07 Å². The van der Waals surface area contributed by atoms with Gasteiger partial charge >= 0.3 is 0 Å². The number of nitrogens with one attached hydrogen (secondary N) is 1. The highest BCUT2D eigenvalue weighted by Crippen LogP contribution is 2.14. The molecule has 10 heteroatoms. The van der Waals surface area contributed by atoms with Crippen molar-refractivity contribution in [1.29, 1.82) is 0 Å². The van der Waals surface area contributed by atoms with Crippen LogP contribution >= 0.6 is 0 Å². The van der Waals surface area contributed by atoms with Crippen LogP contribution in [0, 0.1) is 10.1 Å². The Morgan fingerprint density at radius 3 is 2.67 bits per heavy atom. The van der Waals surface area contributed by atoms with Crippen LogP contribution in [0.2, 0.25) is 0 Å². The summed E-state index contributed by atoms with van der Waals surface area (Å²) in [6.45, 7) is -0.156. The molecule has 18 heavy (non-hydrogen) atoms. The molecule has 0 aliphatic carbocycles. The second-order valence-corrected chi connectivity index (χ2v) is 5.31. The number of hydrogen-bond acceptors (Lipinski definition) is 5. The fourth-order valence-corrected chi connectivity index (χ4v) is 1.66. The molecular formula is C8H12N4O5S. The lowest BCUT2D eigenvalue weighted by atomic mass is 10.4. The zero-order valence-corrected chi connectivity index (χ0v) is 10.3. The molecular weight excluding hydrogens is 264 g/mol. The molecule has 0 aliphatic heterocycles. The standard InChI is InChI=1S/C8H12N4O5S/c1-11-5-6(12(14)15)4-7(11)8(13)10-2-3-18(9,16)17/h4-5H,2-3H2,1H3,(H,10,13)(H2,9,16,17). The van der Waals surface area contributed by atoms with Gasteiger partial charge in [-0.25, -0.2) is 13.6 Å². The Morgan fingerprint density at radius 2 is 2.22 bits per heavy atom. The van der Waals surface area contributed by atoms with Crippen LogP contribution in [-0.2, 0) is 17.1 Å². The van der Waals surface area contributed by atoms with Crippen molar-refractivity contribution in [3.63, 3.8) is 0 Å². The molecule has 0 radical (unpaired) electrons. The van der Waals surface area contributed by atoms with E-state index < -0.39 is 26.6 Å². The highest BCUT2D eigenvalue weighted by molar-refractivity contribution is 7.89. The van der Waals surface area contributed by atoms with E-state index in [-0.39, 0.29) is 17.9 Å². The minimum atomic E-state index is -3.65. The van der Waals surface area contributed by atoms with Crippen molar-refractivity contribution in [2.24, 2.45) is 12.2 Å². The quantitative estimate of drug-likeness (QED) is 0.522. The molecule has 0 saturated carbocycles. The third kappa shape index (κ3) is 3.82. The van der Waals surface area contributed by atoms with Crippen LogP contribution in [0.1, 0.15) is 10.5 Å². The Kier molecular flexibility index (Phi) is 4.03. The molecule has 1 aromatic heterocycles. The smallest absolute Gasteiger partial charge is 0.287 e. The number of aryl methyl sites for hydroxylation is 1. The fourth-order valence-electron chi connectivity index (χ4n) is 1.27. The first-order valence-electron chi connectivity index (χ1n) is 4.80. The number of nitrogens with zero attached hydrogens (tertiary/aromatic N) is 2. The summed E-state index contributed by atoms with van der Waals surface area (Å²) in [5.41, 5.74) is -0.148. The molecule has 0 unspecified atom stereocenters. The number of carbonyl (C=O) groups excluding carboxylic acids is 1. The molecule has 0 aromatic carbocycles. The summed E-state index contributed by atoms with van der Waals surface area (Å²) < 4.78 is 22.6. The number of amides is 1. The van der Waals surface area contributed by atoms with E-state index in [0.29, 0.717) is 0 Å². The molecule has 1 aromatic rings. The van der Waals surface area contributed by atoms with Gasteiger partial charge in [0.1, 0.15) is 5.69 Å². The summed E-state index contributed by atoms with van der Waals surface area (Å²) in [4.78, 5) is 21.5. The Labute approximate surface area is 103 Å². The van der Waals surface area contributed by atoms with Gasteiger partial charge < -0.3 is 9.88 Å². The monoisotopic (exact) mass is 276 g/mol. The predicted octanol–water partition coefficient (Wildman–Crippen LogP) is -1.05. The van der Waals surface area contributed by atoms with Gasteiger partial charge in [-0.1, -0.05) is 0 Å². The van der Waals surface area contributed by atoms with Crippen LogP contribution < -0.4 is 10.5 Å². The largest absolute Gasteiger partial charge is 0.350 e. The predicted molar refractivity (Wildman–Crippen MR) is 62.4 cm³/mol. The molecule has 100 valence electrons. The molecule has 0 atom stereocenters. The zero-order valence-electron chi connectivity index (χ0n) is 9.49. The van der Waals surface area contributed by atoms with E-state index in [1.165, 1.54) is 17.8 Å². The second kappa shape index (κ2) is 5.14. The SMILES string of the molecule is Cn1cc([N+](=O)[O-])cc1C(=O)NCCS(N)(=O)=O. The lowest BCUT2D eigenvalue weighted by molar-refractivity contribution is -0.384. The highest BCUT2D eigenvalue weighted by Gasteiger charge is 2.17. The van der Waals surface area contributed by atoms with Crippen molar-refractivity contribution in [3.8, 4) is 0 Å². The molecule has 0 fully saturated rings. The van der Waals surface area contributed by atoms with Crippen molar-refractivity contribution >= 4 is 21.6 Å². The Hall–Kier alpha value is -1.94. The van der Waals surface area contributed by atoms with Gasteiger partial charge in [-0.2, -0.15) is 0 Å². The number of aromatic nitrogens is 1. The number of nitro groups is 1. The molecule has 1 rings (SSSR count). The molecule has 0 bridgehead atoms. The maximum absolute atomic E-state index is 11.6. The lowest BCUT2D eigenvalue weighted by Crippen LogP contribution is -2.32. The molecule has 1 amide bonds. The van der Waals surface area contributed by atoms with E-state index >= 15 is 0 Å². The Morgan fingerprint density at radius 1 is 1.61 bits per heavy atom. The molecule has 0 aliphatic rings. The van der Waals surface area contributed by atoms with Gasteiger partial charge in [0.25, 0.3) is 11.6 Å². The lowest BCUT2D eigenvalue weighted by Gasteiger charge is -2.04. The van der Waals surface area contributed by atoms with Gasteiger partial charge in [-0.15, -0.1) is 0 Å². The van der Waals surface area contributed by atoms with Crippen LogP contribution in [0.5, 0.6) is 0 Å². The third-order valence-corrected chi connectivity index (χ3v) is 2.88. The van der Waals surface area contributed by atoms with Gasteiger partial charge in [0, 0.05) is 19.7 Å². The first-order chi connectivity index (χ1) is 8.20. The van der Waals surface area contributed by atoms with E-state index in [2.05, 4.69) is 5.32 Å². The van der Waals surface area contributed by atoms with Gasteiger partial charge in [0.15, 0.2) is 0 Å². The maximum atomic E-state index is 11.6. The number of carbonyl (C=O) groups is 1. The fraction of sp³-hybridized carbons (Fsp3) is 0.375. The maximum Gasteiger partial charge on any atom is 0.287 e. The van der Waals surface area contributed by atoms with E-state index in [9.17, 15) is 23.3 Å². The topological polar surface area (TPSA) is 137 Å². The van der Waals surface area contributed by atoms with Crippen LogP contribution in [0.25, 0.3) is 0 Å². The molecule has 9 nitrogen and oxygen atoms in total. The van der Waals surface area contributed by atoms with Crippen molar-refractivity contribution in [3.05, 3.63) is 28.1 Å². The Bertz CT molecular complexity index is 576. The van der Waals surface area contributed by atoms with Crippen molar-refractivity contribution in [1.82, 2.24) is 9.88 Å². The van der Waals surface area contributed by atoms with E-state index in [1.54, 1.807) is 0 Å². The van der Waals surface area contributed by atoms with Crippen LogP contribution in [0.4, 0.5) is 5.69 Å². The van der Waals surface area contributed by atoms with Crippen molar-refractivity contribution < 1.29 is 18.1 Å². The van der Waals surface area contributed by atoms with Gasteiger partial charge in [0.05, 0.1) is 16.9 Å². The number of sulfonamides is 1. The first kappa shape index (κ1) is 14.1. The van der Waals surface area contributed by atoms with Crippen molar-refractivity contribution in [2.75, 3.05) is 12.3 Å². The summed E-state index contributed by atoms with van der Waals surface area (Å²) in [5, 5.41) is 17.6. The number of primary sulfonamides is 1. The average molecular weight is 276 g/mol. The summed E-state index contributed by atoms with van der Waals surface area (Å²) >= 11 is 0. The normalized spacial score (nSPS) is 11.2. The average Bonchev–Trinajstić information content (AvgIpc) is 2.58. The molecule has 1 heterocycles. The van der Waals surface area contributed by atoms with Crippen LogP contribution in [0.15, 0.2) is 12.3 Å². The number of nitrogens with two attached hydrogens (primary N) is 1. The Balaban J connectivity index is 2.70. The molecule has 0 saturated heterocycles. The summed E-state index contributed by atoms with van der Waals surface area (Å²) in [6, 6.07) is 1.10. The minimum absolute atomic E-state index is 0.0659. The summed E-state index contributed by atoms with van der Waals surface area (Å²) in [7, 11) is -2.18. The van der Waals surface area contributed by atoms with Gasteiger partial charge in [-0.3, -0.25) is 14.9 Å². The zero-order chi connectivity index (χ0) is 13.9. The molecule has 0 spiro atoms. The molecule has 3 N–H and O–H groups in total. The van der Waals surface area contributed by atoms with Gasteiger partial charge in [-0.05, 0) is 0 Å². The highest BCUT2D eigenvalue weighted by atomic mass is 32.2. The third-order valence-electron chi connectivity index (χ3n) is 2.11. The minimum Gasteiger partial charge on any atom is -0.350 e. The number of hydrogen-bond donors (Lipinski definition) is 2. The van der Waals surface area contributed by atoms with E-state index in [4.69, 9.17) is 5.14 Å². The van der Waals surface area contributed by atoms with Crippen LogP contribution in [-0.4, -0.2) is 36.1 Å². The van der Waals surface area contributed by atoms with E-state index in [1.807, 2.05) is 0 Å².